The number of hydrogen-bond acceptors (Lipinski definition) is 3. The summed E-state index contributed by atoms with van der Waals surface area (Å²) < 4.78 is 44.9. The highest BCUT2D eigenvalue weighted by Gasteiger charge is 2.33. The lowest BCUT2D eigenvalue weighted by Crippen LogP contribution is -2.19. The van der Waals surface area contributed by atoms with Crippen LogP contribution in [0.3, 0.4) is 0 Å². The molecule has 24 heavy (non-hydrogen) atoms. The van der Waals surface area contributed by atoms with Crippen molar-refractivity contribution < 1.29 is 22.7 Å². The molecule has 0 unspecified atom stereocenters. The predicted molar refractivity (Wildman–Crippen MR) is 86.3 cm³/mol. The van der Waals surface area contributed by atoms with Crippen molar-refractivity contribution in [2.24, 2.45) is 0 Å². The van der Waals surface area contributed by atoms with Gasteiger partial charge >= 0.3 is 6.18 Å². The molecule has 0 aliphatic rings. The van der Waals surface area contributed by atoms with Crippen LogP contribution in [0.15, 0.2) is 42.5 Å². The monoisotopic (exact) mass is 337 g/mol. The first-order chi connectivity index (χ1) is 11.3. The Balaban J connectivity index is 2.35. The average Bonchev–Trinajstić information content (AvgIpc) is 2.54. The summed E-state index contributed by atoms with van der Waals surface area (Å²) in [5.74, 6) is 0.361. The van der Waals surface area contributed by atoms with E-state index in [1.807, 2.05) is 19.0 Å². The number of halogens is 3. The number of ether oxygens (including phenoxy) is 1. The fourth-order valence-electron chi connectivity index (χ4n) is 2.26. The third-order valence-corrected chi connectivity index (χ3v) is 3.48. The van der Waals surface area contributed by atoms with Crippen molar-refractivity contribution in [3.05, 3.63) is 53.6 Å². The van der Waals surface area contributed by atoms with Gasteiger partial charge in [-0.2, -0.15) is 13.2 Å². The van der Waals surface area contributed by atoms with Gasteiger partial charge in [0.05, 0.1) is 11.1 Å². The van der Waals surface area contributed by atoms with Crippen molar-refractivity contribution in [2.75, 3.05) is 27.2 Å². The normalized spacial score (nSPS) is 11.6. The number of carbonyl (C=O) groups is 1. The van der Waals surface area contributed by atoms with Crippen LogP contribution in [-0.2, 0) is 6.18 Å². The summed E-state index contributed by atoms with van der Waals surface area (Å²) in [6, 6.07) is 9.77. The van der Waals surface area contributed by atoms with E-state index in [1.165, 1.54) is 36.4 Å². The number of benzene rings is 2. The highest BCUT2D eigenvalue weighted by molar-refractivity contribution is 5.83. The Labute approximate surface area is 138 Å². The van der Waals surface area contributed by atoms with Gasteiger partial charge in [-0.15, -0.1) is 0 Å². The van der Waals surface area contributed by atoms with E-state index in [4.69, 9.17) is 4.74 Å². The minimum atomic E-state index is -4.46. The second-order valence-electron chi connectivity index (χ2n) is 5.57. The van der Waals surface area contributed by atoms with Crippen LogP contribution < -0.4 is 4.74 Å². The highest BCUT2D eigenvalue weighted by atomic mass is 19.4. The fourth-order valence-corrected chi connectivity index (χ4v) is 2.26. The molecule has 0 saturated heterocycles. The van der Waals surface area contributed by atoms with E-state index < -0.39 is 11.7 Å². The van der Waals surface area contributed by atoms with Crippen molar-refractivity contribution in [1.29, 1.82) is 0 Å². The molecule has 0 radical (unpaired) electrons. The largest absolute Gasteiger partial charge is 0.492 e. The predicted octanol–water partition coefficient (Wildman–Crippen LogP) is 4.13. The summed E-state index contributed by atoms with van der Waals surface area (Å²) in [4.78, 5) is 13.2. The summed E-state index contributed by atoms with van der Waals surface area (Å²) in [5.41, 5.74) is -0.149. The smallest absolute Gasteiger partial charge is 0.417 e. The maximum atomic E-state index is 13.1. The van der Waals surface area contributed by atoms with Gasteiger partial charge in [0.15, 0.2) is 6.29 Å². The van der Waals surface area contributed by atoms with Crippen LogP contribution in [0.2, 0.25) is 0 Å². The van der Waals surface area contributed by atoms with Crippen molar-refractivity contribution >= 4 is 6.29 Å². The summed E-state index contributed by atoms with van der Waals surface area (Å²) in [7, 11) is 3.78. The van der Waals surface area contributed by atoms with Gasteiger partial charge in [-0.3, -0.25) is 4.79 Å². The molecule has 0 atom stereocenters. The first-order valence-corrected chi connectivity index (χ1v) is 7.36. The van der Waals surface area contributed by atoms with Crippen LogP contribution in [0.4, 0.5) is 13.2 Å². The zero-order valence-corrected chi connectivity index (χ0v) is 13.4. The second-order valence-corrected chi connectivity index (χ2v) is 5.57. The quantitative estimate of drug-likeness (QED) is 0.743. The summed E-state index contributed by atoms with van der Waals surface area (Å²) >= 11 is 0. The Morgan fingerprint density at radius 2 is 1.83 bits per heavy atom. The molecule has 3 nitrogen and oxygen atoms in total. The molecule has 128 valence electrons. The Hall–Kier alpha value is -2.34. The van der Waals surface area contributed by atoms with Gasteiger partial charge < -0.3 is 9.64 Å². The van der Waals surface area contributed by atoms with Crippen molar-refractivity contribution in [3.63, 3.8) is 0 Å². The van der Waals surface area contributed by atoms with Crippen molar-refractivity contribution in [2.45, 2.75) is 6.18 Å². The molecule has 0 aliphatic heterocycles. The Bertz CT molecular complexity index is 712. The van der Waals surface area contributed by atoms with Gasteiger partial charge in [0, 0.05) is 6.54 Å². The number of aldehydes is 1. The number of carbonyl (C=O) groups excluding carboxylic acids is 1. The zero-order chi connectivity index (χ0) is 17.7. The number of hydrogen-bond donors (Lipinski definition) is 0. The van der Waals surface area contributed by atoms with Gasteiger partial charge in [-0.1, -0.05) is 24.3 Å². The molecule has 0 amide bonds. The van der Waals surface area contributed by atoms with E-state index in [1.54, 1.807) is 0 Å². The molecule has 0 N–H and O–H groups in total. The molecule has 0 aliphatic carbocycles. The fraction of sp³-hybridized carbons (Fsp3) is 0.278. The highest BCUT2D eigenvalue weighted by Crippen LogP contribution is 2.37. The lowest BCUT2D eigenvalue weighted by molar-refractivity contribution is -0.137. The Morgan fingerprint density at radius 3 is 2.46 bits per heavy atom. The van der Waals surface area contributed by atoms with Crippen molar-refractivity contribution in [3.8, 4) is 16.9 Å². The minimum absolute atomic E-state index is 0.0351. The van der Waals surface area contributed by atoms with Crippen molar-refractivity contribution in [1.82, 2.24) is 4.90 Å². The van der Waals surface area contributed by atoms with E-state index in [2.05, 4.69) is 0 Å². The standard InChI is InChI=1S/C18H18F3NO2/c1-22(2)9-10-24-17-8-7-13(11-14(17)12-23)15-5-3-4-6-16(15)18(19,20)21/h3-8,11-12H,9-10H2,1-2H3. The molecule has 0 heterocycles. The van der Waals surface area contributed by atoms with Gasteiger partial charge in [0.25, 0.3) is 0 Å². The average molecular weight is 337 g/mol. The first-order valence-electron chi connectivity index (χ1n) is 7.36. The third-order valence-electron chi connectivity index (χ3n) is 3.48. The van der Waals surface area contributed by atoms with E-state index in [0.717, 1.165) is 6.07 Å². The molecule has 0 fully saturated rings. The lowest BCUT2D eigenvalue weighted by atomic mass is 9.97. The number of nitrogens with zero attached hydrogens (tertiary/aromatic N) is 1. The molecule has 0 spiro atoms. The van der Waals surface area contributed by atoms with Crippen LogP contribution in [0, 0.1) is 0 Å². The first kappa shape index (κ1) is 18.0. The molecule has 6 heteroatoms. The maximum absolute atomic E-state index is 13.1. The van der Waals surface area contributed by atoms with Crippen LogP contribution in [-0.4, -0.2) is 38.4 Å². The van der Waals surface area contributed by atoms with Crippen LogP contribution in [0.1, 0.15) is 15.9 Å². The summed E-state index contributed by atoms with van der Waals surface area (Å²) in [6.45, 7) is 1.04. The molecular formula is C18H18F3NO2. The zero-order valence-electron chi connectivity index (χ0n) is 13.4. The van der Waals surface area contributed by atoms with E-state index in [0.29, 0.717) is 30.8 Å². The topological polar surface area (TPSA) is 29.5 Å². The van der Waals surface area contributed by atoms with Gasteiger partial charge in [0.2, 0.25) is 0 Å². The third kappa shape index (κ3) is 4.35. The summed E-state index contributed by atoms with van der Waals surface area (Å²) in [5, 5.41) is 0. The molecule has 0 saturated carbocycles. The van der Waals surface area contributed by atoms with Crippen LogP contribution in [0.5, 0.6) is 5.75 Å². The molecule has 2 rings (SSSR count). The van der Waals surface area contributed by atoms with Gasteiger partial charge in [-0.05, 0) is 43.4 Å². The molecule has 0 bridgehead atoms. The Morgan fingerprint density at radius 1 is 1.12 bits per heavy atom. The van der Waals surface area contributed by atoms with Crippen LogP contribution >= 0.6 is 0 Å². The van der Waals surface area contributed by atoms with E-state index in [-0.39, 0.29) is 11.1 Å². The van der Waals surface area contributed by atoms with E-state index >= 15 is 0 Å². The number of likely N-dealkylation sites (N-methyl/N-ethyl adjacent to an activating group) is 1. The molecule has 0 aromatic heterocycles. The SMILES string of the molecule is CN(C)CCOc1ccc(-c2ccccc2C(F)(F)F)cc1C=O. The maximum Gasteiger partial charge on any atom is 0.417 e. The van der Waals surface area contributed by atoms with Crippen LogP contribution in [0.25, 0.3) is 11.1 Å². The lowest BCUT2D eigenvalue weighted by Gasteiger charge is -2.15. The summed E-state index contributed by atoms with van der Waals surface area (Å²) in [6.07, 6.45) is -3.87. The van der Waals surface area contributed by atoms with Gasteiger partial charge in [-0.25, -0.2) is 0 Å². The second kappa shape index (κ2) is 7.49. The Kier molecular flexibility index (Phi) is 5.62. The van der Waals surface area contributed by atoms with E-state index in [9.17, 15) is 18.0 Å². The number of alkyl halides is 3. The minimum Gasteiger partial charge on any atom is -0.492 e. The number of rotatable bonds is 6. The molecule has 2 aromatic rings. The van der Waals surface area contributed by atoms with Gasteiger partial charge in [0.1, 0.15) is 12.4 Å². The molecule has 2 aromatic carbocycles. The molecular weight excluding hydrogens is 319 g/mol.